The van der Waals surface area contributed by atoms with Crippen molar-refractivity contribution in [2.24, 2.45) is 0 Å². The Hall–Kier alpha value is -4.23. The lowest BCUT2D eigenvalue weighted by Crippen LogP contribution is -2.34. The van der Waals surface area contributed by atoms with E-state index < -0.39 is 0 Å². The van der Waals surface area contributed by atoms with Gasteiger partial charge in [0.05, 0.1) is 34.3 Å². The van der Waals surface area contributed by atoms with Crippen LogP contribution in [0.15, 0.2) is 54.0 Å². The van der Waals surface area contributed by atoms with Crippen molar-refractivity contribution in [1.82, 2.24) is 34.1 Å². The molecule has 0 bridgehead atoms. The Kier molecular flexibility index (Phi) is 4.78. The number of H-pyrrole nitrogens is 1. The molecule has 1 aliphatic rings. The van der Waals surface area contributed by atoms with Crippen molar-refractivity contribution in [3.05, 3.63) is 81.6 Å². The van der Waals surface area contributed by atoms with E-state index in [1.54, 1.807) is 29.2 Å². The monoisotopic (exact) mass is 471 g/mol. The number of aromatic amines is 1. The molecule has 5 aromatic rings. The smallest absolute Gasteiger partial charge is 0.279 e. The number of hydrogen-bond acceptors (Lipinski definition) is 7. The number of fused-ring (bicyclic) bond motifs is 2. The number of nitriles is 1. The number of aromatic nitrogens is 7. The Balaban J connectivity index is 1.55. The minimum Gasteiger partial charge on any atom is -0.346 e. The highest BCUT2D eigenvalue weighted by atomic mass is 35.5. The van der Waals surface area contributed by atoms with Gasteiger partial charge in [0.25, 0.3) is 5.56 Å². The largest absolute Gasteiger partial charge is 0.346 e. The van der Waals surface area contributed by atoms with Gasteiger partial charge < -0.3 is 9.88 Å². The van der Waals surface area contributed by atoms with Crippen LogP contribution in [0.5, 0.6) is 0 Å². The SMILES string of the molecule is N#Cc1c[nH]c2ncnc(N3CCC[C@H]3c3nn4ccc(Cl)c4c(=O)n3Cc3ccccn3)c12. The number of anilines is 1. The van der Waals surface area contributed by atoms with E-state index in [1.165, 1.54) is 10.8 Å². The van der Waals surface area contributed by atoms with Crippen LogP contribution in [0.1, 0.15) is 36.0 Å². The van der Waals surface area contributed by atoms with Crippen molar-refractivity contribution >= 4 is 34.0 Å². The Morgan fingerprint density at radius 1 is 1.24 bits per heavy atom. The fourth-order valence-electron chi connectivity index (χ4n) is 4.67. The third-order valence-corrected chi connectivity index (χ3v) is 6.50. The first kappa shape index (κ1) is 20.4. The highest BCUT2D eigenvalue weighted by molar-refractivity contribution is 6.33. The minimum atomic E-state index is -0.235. The van der Waals surface area contributed by atoms with Crippen molar-refractivity contribution in [3.63, 3.8) is 0 Å². The predicted molar refractivity (Wildman–Crippen MR) is 126 cm³/mol. The van der Waals surface area contributed by atoms with E-state index in [-0.39, 0.29) is 18.1 Å². The number of nitrogens with zero attached hydrogens (tertiary/aromatic N) is 8. The van der Waals surface area contributed by atoms with Crippen molar-refractivity contribution in [3.8, 4) is 6.07 Å². The molecule has 6 rings (SSSR count). The molecule has 1 aliphatic heterocycles. The molecule has 6 heterocycles. The first-order valence-electron chi connectivity index (χ1n) is 10.8. The number of hydrogen-bond donors (Lipinski definition) is 1. The lowest BCUT2D eigenvalue weighted by molar-refractivity contribution is 0.551. The summed E-state index contributed by atoms with van der Waals surface area (Å²) in [5.74, 6) is 1.24. The third-order valence-electron chi connectivity index (χ3n) is 6.19. The van der Waals surface area contributed by atoms with Crippen LogP contribution < -0.4 is 10.5 Å². The van der Waals surface area contributed by atoms with E-state index in [2.05, 4.69) is 30.9 Å². The predicted octanol–water partition coefficient (Wildman–Crippen LogP) is 3.08. The molecule has 0 saturated carbocycles. The van der Waals surface area contributed by atoms with Gasteiger partial charge in [-0.15, -0.1) is 0 Å². The number of rotatable bonds is 4. The van der Waals surface area contributed by atoms with Gasteiger partial charge in [0.15, 0.2) is 5.82 Å². The maximum atomic E-state index is 13.6. The number of pyridine rings is 1. The first-order chi connectivity index (χ1) is 16.7. The summed E-state index contributed by atoms with van der Waals surface area (Å²) >= 11 is 6.32. The maximum absolute atomic E-state index is 13.6. The molecule has 5 aromatic heterocycles. The van der Waals surface area contributed by atoms with Gasteiger partial charge in [-0.3, -0.25) is 14.3 Å². The van der Waals surface area contributed by atoms with Crippen molar-refractivity contribution < 1.29 is 0 Å². The Bertz CT molecular complexity index is 1630. The normalized spacial score (nSPS) is 15.9. The maximum Gasteiger partial charge on any atom is 0.279 e. The molecule has 1 fully saturated rings. The summed E-state index contributed by atoms with van der Waals surface area (Å²) in [6.45, 7) is 0.966. The van der Waals surface area contributed by atoms with Crippen molar-refractivity contribution in [1.29, 1.82) is 5.26 Å². The number of nitrogens with one attached hydrogen (secondary N) is 1. The average Bonchev–Trinajstić information content (AvgIpc) is 3.59. The summed E-state index contributed by atoms with van der Waals surface area (Å²) in [6.07, 6.45) is 8.16. The lowest BCUT2D eigenvalue weighted by atomic mass is 10.1. The van der Waals surface area contributed by atoms with Crippen LogP contribution in [0.25, 0.3) is 16.6 Å². The van der Waals surface area contributed by atoms with E-state index in [1.807, 2.05) is 18.2 Å². The van der Waals surface area contributed by atoms with Gasteiger partial charge in [0, 0.05) is 25.1 Å². The van der Waals surface area contributed by atoms with Gasteiger partial charge in [0.1, 0.15) is 29.4 Å². The quantitative estimate of drug-likeness (QED) is 0.427. The summed E-state index contributed by atoms with van der Waals surface area (Å²) in [6, 6.07) is 9.24. The number of halogens is 1. The van der Waals surface area contributed by atoms with Crippen LogP contribution in [0.4, 0.5) is 5.82 Å². The highest BCUT2D eigenvalue weighted by Crippen LogP contribution is 2.38. The van der Waals surface area contributed by atoms with Gasteiger partial charge in [-0.2, -0.15) is 10.4 Å². The molecule has 1 atom stereocenters. The zero-order chi connectivity index (χ0) is 23.2. The summed E-state index contributed by atoms with van der Waals surface area (Å²) in [7, 11) is 0. The average molecular weight is 472 g/mol. The van der Waals surface area contributed by atoms with Gasteiger partial charge in [0.2, 0.25) is 0 Å². The Morgan fingerprint density at radius 3 is 2.97 bits per heavy atom. The molecule has 34 heavy (non-hydrogen) atoms. The Labute approximate surface area is 198 Å². The molecule has 168 valence electrons. The third kappa shape index (κ3) is 3.13. The van der Waals surface area contributed by atoms with Crippen molar-refractivity contribution in [2.75, 3.05) is 11.4 Å². The van der Waals surface area contributed by atoms with Gasteiger partial charge in [-0.25, -0.2) is 14.5 Å². The van der Waals surface area contributed by atoms with Crippen LogP contribution in [-0.2, 0) is 6.54 Å². The van der Waals surface area contributed by atoms with Crippen molar-refractivity contribution in [2.45, 2.75) is 25.4 Å². The van der Waals surface area contributed by atoms with E-state index in [9.17, 15) is 10.1 Å². The standard InChI is InChI=1S/C23H18ClN9O/c24-16-6-9-33-19(16)23(34)32(12-15-4-1-2-7-26-15)21(30-33)17-5-3-8-31(17)22-18-14(10-25)11-27-20(18)28-13-29-22/h1-2,4,6-7,9,11,13,17H,3,5,8,12H2,(H,27,28,29)/t17-/m0/s1. The van der Waals surface area contributed by atoms with Crippen LogP contribution in [-0.4, -0.2) is 40.7 Å². The van der Waals surface area contributed by atoms with Gasteiger partial charge in [-0.05, 0) is 31.0 Å². The molecule has 0 unspecified atom stereocenters. The lowest BCUT2D eigenvalue weighted by Gasteiger charge is -2.27. The van der Waals surface area contributed by atoms with Crippen LogP contribution in [0.3, 0.4) is 0 Å². The second kappa shape index (κ2) is 7.97. The van der Waals surface area contributed by atoms with Crippen LogP contribution in [0, 0.1) is 11.3 Å². The topological polar surface area (TPSA) is 121 Å². The summed E-state index contributed by atoms with van der Waals surface area (Å²) in [5, 5.41) is 15.5. The van der Waals surface area contributed by atoms with Gasteiger partial charge >= 0.3 is 0 Å². The summed E-state index contributed by atoms with van der Waals surface area (Å²) < 4.78 is 3.19. The fourth-order valence-corrected chi connectivity index (χ4v) is 4.90. The molecule has 1 saturated heterocycles. The summed E-state index contributed by atoms with van der Waals surface area (Å²) in [5.41, 5.74) is 1.91. The minimum absolute atomic E-state index is 0.232. The zero-order valence-electron chi connectivity index (χ0n) is 17.9. The molecule has 1 N–H and O–H groups in total. The second-order valence-corrected chi connectivity index (χ2v) is 8.52. The molecule has 0 spiro atoms. The molecule has 0 aromatic carbocycles. The van der Waals surface area contributed by atoms with E-state index >= 15 is 0 Å². The Morgan fingerprint density at radius 2 is 2.15 bits per heavy atom. The molecule has 0 radical (unpaired) electrons. The van der Waals surface area contributed by atoms with E-state index in [0.717, 1.165) is 18.5 Å². The fraction of sp³-hybridized carbons (Fsp3) is 0.217. The zero-order valence-corrected chi connectivity index (χ0v) is 18.6. The molecule has 11 heteroatoms. The van der Waals surface area contributed by atoms with E-state index in [0.29, 0.717) is 45.3 Å². The van der Waals surface area contributed by atoms with Gasteiger partial charge in [-0.1, -0.05) is 17.7 Å². The molecular formula is C23H18ClN9O. The first-order valence-corrected chi connectivity index (χ1v) is 11.2. The second-order valence-electron chi connectivity index (χ2n) is 8.11. The van der Waals surface area contributed by atoms with Crippen LogP contribution in [0.2, 0.25) is 5.02 Å². The van der Waals surface area contributed by atoms with E-state index in [4.69, 9.17) is 16.7 Å². The summed E-state index contributed by atoms with van der Waals surface area (Å²) in [4.78, 5) is 32.0. The molecule has 0 amide bonds. The molecular weight excluding hydrogens is 454 g/mol. The van der Waals surface area contributed by atoms with Crippen LogP contribution >= 0.6 is 11.6 Å². The molecule has 0 aliphatic carbocycles. The molecule has 10 nitrogen and oxygen atoms in total. The highest BCUT2D eigenvalue weighted by Gasteiger charge is 2.34.